The van der Waals surface area contributed by atoms with E-state index in [1.165, 1.54) is 12.1 Å². The molecule has 1 saturated heterocycles. The highest BCUT2D eigenvalue weighted by molar-refractivity contribution is 6.31. The molecule has 1 aliphatic heterocycles. The fourth-order valence-electron chi connectivity index (χ4n) is 3.30. The summed E-state index contributed by atoms with van der Waals surface area (Å²) in [6, 6.07) is 10.8. The maximum atomic E-state index is 12.9. The fourth-order valence-corrected chi connectivity index (χ4v) is 3.48. The Hall–Kier alpha value is -2.84. The lowest BCUT2D eigenvalue weighted by Crippen LogP contribution is -2.34. The molecule has 5 nitrogen and oxygen atoms in total. The van der Waals surface area contributed by atoms with E-state index < -0.39 is 17.6 Å². The summed E-state index contributed by atoms with van der Waals surface area (Å²) in [5, 5.41) is 3.88. The normalized spacial score (nSPS) is 17.3. The van der Waals surface area contributed by atoms with Crippen molar-refractivity contribution in [1.82, 2.24) is 5.32 Å². The van der Waals surface area contributed by atoms with Crippen molar-refractivity contribution < 1.29 is 27.1 Å². The van der Waals surface area contributed by atoms with E-state index in [1.54, 1.807) is 24.3 Å². The van der Waals surface area contributed by atoms with Gasteiger partial charge >= 0.3 is 6.18 Å². The van der Waals surface area contributed by atoms with Crippen LogP contribution >= 0.6 is 11.6 Å². The van der Waals surface area contributed by atoms with Gasteiger partial charge in [-0.3, -0.25) is 4.79 Å². The number of nitrogens with zero attached hydrogens (tertiary/aromatic N) is 1. The average molecular weight is 451 g/mol. The molecule has 1 atom stereocenters. The number of halogens is 4. The Morgan fingerprint density at radius 2 is 1.94 bits per heavy atom. The Morgan fingerprint density at radius 1 is 1.16 bits per heavy atom. The van der Waals surface area contributed by atoms with Crippen molar-refractivity contribution in [3.63, 3.8) is 0 Å². The topological polar surface area (TPSA) is 63.8 Å². The molecule has 1 amide bonds. The number of rotatable bonds is 4. The number of amides is 1. The maximum absolute atomic E-state index is 12.9. The van der Waals surface area contributed by atoms with Gasteiger partial charge < -0.3 is 14.5 Å². The molecule has 0 spiro atoms. The first-order valence-electron chi connectivity index (χ1n) is 9.65. The molecular formula is C22H18ClF3N2O3. The van der Waals surface area contributed by atoms with E-state index in [4.69, 9.17) is 20.8 Å². The van der Waals surface area contributed by atoms with Crippen molar-refractivity contribution in [3.8, 4) is 0 Å². The van der Waals surface area contributed by atoms with Gasteiger partial charge in [-0.05, 0) is 61.4 Å². The summed E-state index contributed by atoms with van der Waals surface area (Å²) in [6.45, 7) is 1.00. The van der Waals surface area contributed by atoms with Gasteiger partial charge in [0.1, 0.15) is 11.1 Å². The van der Waals surface area contributed by atoms with Crippen molar-refractivity contribution in [3.05, 3.63) is 70.2 Å². The van der Waals surface area contributed by atoms with Crippen LogP contribution in [0.15, 0.2) is 57.9 Å². The van der Waals surface area contributed by atoms with E-state index in [0.29, 0.717) is 29.1 Å². The Kier molecular flexibility index (Phi) is 6.02. The monoisotopic (exact) mass is 450 g/mol. The zero-order chi connectivity index (χ0) is 22.0. The molecule has 0 saturated carbocycles. The van der Waals surface area contributed by atoms with Crippen molar-refractivity contribution in [2.24, 2.45) is 4.99 Å². The lowest BCUT2D eigenvalue weighted by Gasteiger charge is -2.11. The summed E-state index contributed by atoms with van der Waals surface area (Å²) in [5.41, 5.74) is 0.00197. The van der Waals surface area contributed by atoms with Crippen LogP contribution in [-0.2, 0) is 10.9 Å². The van der Waals surface area contributed by atoms with Gasteiger partial charge in [-0.2, -0.15) is 13.2 Å². The summed E-state index contributed by atoms with van der Waals surface area (Å²) in [6.07, 6.45) is -2.69. The van der Waals surface area contributed by atoms with Gasteiger partial charge in [0.2, 0.25) is 5.55 Å². The van der Waals surface area contributed by atoms with Crippen molar-refractivity contribution in [1.29, 1.82) is 0 Å². The minimum atomic E-state index is -4.45. The van der Waals surface area contributed by atoms with Crippen molar-refractivity contribution >= 4 is 34.2 Å². The molecule has 0 aliphatic carbocycles. The van der Waals surface area contributed by atoms with Crippen LogP contribution in [-0.4, -0.2) is 25.2 Å². The van der Waals surface area contributed by atoms with Crippen LogP contribution in [0.25, 0.3) is 11.0 Å². The minimum Gasteiger partial charge on any atom is -0.438 e. The number of hydrogen-bond donors (Lipinski definition) is 1. The predicted molar refractivity (Wildman–Crippen MR) is 109 cm³/mol. The van der Waals surface area contributed by atoms with Gasteiger partial charge in [0.05, 0.1) is 17.4 Å². The summed E-state index contributed by atoms with van der Waals surface area (Å²) in [4.78, 5) is 17.1. The van der Waals surface area contributed by atoms with Crippen LogP contribution in [0.2, 0.25) is 5.02 Å². The number of nitrogens with one attached hydrogen (secondary N) is 1. The summed E-state index contributed by atoms with van der Waals surface area (Å²) in [5.74, 6) is -0.424. The van der Waals surface area contributed by atoms with E-state index in [-0.39, 0.29) is 22.9 Å². The molecular weight excluding hydrogens is 433 g/mol. The van der Waals surface area contributed by atoms with Gasteiger partial charge in [0, 0.05) is 23.6 Å². The Morgan fingerprint density at radius 3 is 2.61 bits per heavy atom. The van der Waals surface area contributed by atoms with Gasteiger partial charge in [-0.25, -0.2) is 4.99 Å². The third-order valence-corrected chi connectivity index (χ3v) is 5.13. The molecule has 0 radical (unpaired) electrons. The molecule has 1 aliphatic rings. The van der Waals surface area contributed by atoms with Gasteiger partial charge in [0.15, 0.2) is 0 Å². The average Bonchev–Trinajstić information content (AvgIpc) is 3.25. The highest BCUT2D eigenvalue weighted by Gasteiger charge is 2.30. The lowest BCUT2D eigenvalue weighted by molar-refractivity contribution is -0.137. The molecule has 4 rings (SSSR count). The lowest BCUT2D eigenvalue weighted by atomic mass is 10.1. The summed E-state index contributed by atoms with van der Waals surface area (Å²) < 4.78 is 49.8. The molecule has 2 aromatic carbocycles. The Bertz CT molecular complexity index is 1170. The molecule has 31 heavy (non-hydrogen) atoms. The SMILES string of the molecule is O=C(NC[C@H]1CCCO1)c1cc2cc(Cl)ccc2oc1=Nc1ccc(C(F)(F)F)cc1. The largest absolute Gasteiger partial charge is 0.438 e. The number of alkyl halides is 3. The van der Waals surface area contributed by atoms with Crippen LogP contribution in [0.4, 0.5) is 18.9 Å². The smallest absolute Gasteiger partial charge is 0.416 e. The number of fused-ring (bicyclic) bond motifs is 1. The minimum absolute atomic E-state index is 0.0144. The molecule has 0 unspecified atom stereocenters. The number of hydrogen-bond acceptors (Lipinski definition) is 4. The van der Waals surface area contributed by atoms with E-state index in [1.807, 2.05) is 0 Å². The second-order valence-electron chi connectivity index (χ2n) is 7.15. The first kappa shape index (κ1) is 21.4. The van der Waals surface area contributed by atoms with Gasteiger partial charge in [-0.15, -0.1) is 0 Å². The predicted octanol–water partition coefficient (Wildman–Crippen LogP) is 5.25. The van der Waals surface area contributed by atoms with E-state index in [2.05, 4.69) is 10.3 Å². The van der Waals surface area contributed by atoms with Crippen LogP contribution in [0.3, 0.4) is 0 Å². The van der Waals surface area contributed by atoms with E-state index in [0.717, 1.165) is 25.0 Å². The highest BCUT2D eigenvalue weighted by atomic mass is 35.5. The third kappa shape index (κ3) is 5.08. The van der Waals surface area contributed by atoms with Crippen molar-refractivity contribution in [2.75, 3.05) is 13.2 Å². The molecule has 1 N–H and O–H groups in total. The quantitative estimate of drug-likeness (QED) is 0.590. The first-order chi connectivity index (χ1) is 14.8. The van der Waals surface area contributed by atoms with Gasteiger partial charge in [-0.1, -0.05) is 11.6 Å². The zero-order valence-corrected chi connectivity index (χ0v) is 17.0. The number of carbonyl (C=O) groups excluding carboxylic acids is 1. The molecule has 3 aromatic rings. The third-order valence-electron chi connectivity index (χ3n) is 4.89. The standard InChI is InChI=1S/C22H18ClF3N2O3/c23-15-5-8-19-13(10-15)11-18(20(29)27-12-17-2-1-9-30-17)21(31-19)28-16-6-3-14(4-7-16)22(24,25)26/h3-8,10-11,17H,1-2,9,12H2,(H,27,29)/t17-/m1/s1. The van der Waals surface area contributed by atoms with Gasteiger partial charge in [0.25, 0.3) is 5.91 Å². The van der Waals surface area contributed by atoms with E-state index in [9.17, 15) is 18.0 Å². The van der Waals surface area contributed by atoms with Crippen molar-refractivity contribution in [2.45, 2.75) is 25.1 Å². The van der Waals surface area contributed by atoms with Crippen LogP contribution in [0, 0.1) is 0 Å². The number of benzene rings is 2. The maximum Gasteiger partial charge on any atom is 0.416 e. The molecule has 2 heterocycles. The first-order valence-corrected chi connectivity index (χ1v) is 10.0. The number of ether oxygens (including phenoxy) is 1. The van der Waals surface area contributed by atoms with Crippen LogP contribution in [0.1, 0.15) is 28.8 Å². The second-order valence-corrected chi connectivity index (χ2v) is 7.59. The Labute approximate surface area is 180 Å². The molecule has 1 fully saturated rings. The molecule has 162 valence electrons. The summed E-state index contributed by atoms with van der Waals surface area (Å²) in [7, 11) is 0. The molecule has 0 bridgehead atoms. The number of carbonyl (C=O) groups is 1. The highest BCUT2D eigenvalue weighted by Crippen LogP contribution is 2.30. The fraction of sp³-hybridized carbons (Fsp3) is 0.273. The molecule has 1 aromatic heterocycles. The zero-order valence-electron chi connectivity index (χ0n) is 16.2. The van der Waals surface area contributed by atoms with E-state index >= 15 is 0 Å². The molecule has 9 heteroatoms. The second kappa shape index (κ2) is 8.72. The van der Waals surface area contributed by atoms with Crippen LogP contribution < -0.4 is 10.9 Å². The Balaban J connectivity index is 1.73. The summed E-state index contributed by atoms with van der Waals surface area (Å²) >= 11 is 6.04. The van der Waals surface area contributed by atoms with Crippen LogP contribution in [0.5, 0.6) is 0 Å².